The number of carbonyl (C=O) groups excluding carboxylic acids is 1. The Balaban J connectivity index is 2.23. The van der Waals surface area contributed by atoms with Gasteiger partial charge in [0.15, 0.2) is 0 Å². The van der Waals surface area contributed by atoms with Crippen LogP contribution in [0.2, 0.25) is 5.02 Å². The van der Waals surface area contributed by atoms with E-state index in [4.69, 9.17) is 11.6 Å². The number of nitrogens with one attached hydrogen (secondary N) is 1. The lowest BCUT2D eigenvalue weighted by atomic mass is 10.2. The Morgan fingerprint density at radius 3 is 2.65 bits per heavy atom. The van der Waals surface area contributed by atoms with Crippen molar-refractivity contribution in [3.05, 3.63) is 56.6 Å². The SMILES string of the molecule is CN(C)c1cccc(NC(=O)c2cc(Cl)ccc2I)c1. The van der Waals surface area contributed by atoms with Gasteiger partial charge in [0.1, 0.15) is 0 Å². The fourth-order valence-corrected chi connectivity index (χ4v) is 2.48. The van der Waals surface area contributed by atoms with Gasteiger partial charge in [-0.25, -0.2) is 0 Å². The van der Waals surface area contributed by atoms with Gasteiger partial charge in [-0.15, -0.1) is 0 Å². The molecule has 0 bridgehead atoms. The number of nitrogens with zero attached hydrogens (tertiary/aromatic N) is 1. The highest BCUT2D eigenvalue weighted by atomic mass is 127. The summed E-state index contributed by atoms with van der Waals surface area (Å²) in [5.41, 5.74) is 2.37. The molecule has 0 saturated heterocycles. The van der Waals surface area contributed by atoms with Crippen LogP contribution in [0.25, 0.3) is 0 Å². The first kappa shape index (κ1) is 15.1. The van der Waals surface area contributed by atoms with Crippen molar-refractivity contribution < 1.29 is 4.79 Å². The lowest BCUT2D eigenvalue weighted by Gasteiger charge is -2.14. The number of halogens is 2. The Morgan fingerprint density at radius 2 is 1.95 bits per heavy atom. The minimum Gasteiger partial charge on any atom is -0.378 e. The van der Waals surface area contributed by atoms with Crippen LogP contribution in [-0.2, 0) is 0 Å². The lowest BCUT2D eigenvalue weighted by molar-refractivity contribution is 0.102. The molecule has 2 rings (SSSR count). The Bertz CT molecular complexity index is 644. The molecule has 0 atom stereocenters. The Kier molecular flexibility index (Phi) is 4.88. The van der Waals surface area contributed by atoms with Gasteiger partial charge in [-0.1, -0.05) is 17.7 Å². The molecule has 104 valence electrons. The van der Waals surface area contributed by atoms with Crippen molar-refractivity contribution in [3.63, 3.8) is 0 Å². The van der Waals surface area contributed by atoms with E-state index in [-0.39, 0.29) is 5.91 Å². The largest absolute Gasteiger partial charge is 0.378 e. The second-order valence-electron chi connectivity index (χ2n) is 4.52. The molecule has 0 spiro atoms. The molecule has 0 aliphatic carbocycles. The van der Waals surface area contributed by atoms with Crippen LogP contribution in [0.1, 0.15) is 10.4 Å². The number of benzene rings is 2. The van der Waals surface area contributed by atoms with E-state index in [0.29, 0.717) is 10.6 Å². The highest BCUT2D eigenvalue weighted by molar-refractivity contribution is 14.1. The molecule has 0 heterocycles. The van der Waals surface area contributed by atoms with E-state index in [1.807, 2.05) is 49.3 Å². The maximum atomic E-state index is 12.3. The smallest absolute Gasteiger partial charge is 0.256 e. The van der Waals surface area contributed by atoms with Crippen molar-refractivity contribution in [1.29, 1.82) is 0 Å². The zero-order valence-corrected chi connectivity index (χ0v) is 14.1. The van der Waals surface area contributed by atoms with E-state index in [1.54, 1.807) is 12.1 Å². The van der Waals surface area contributed by atoms with Crippen molar-refractivity contribution in [2.75, 3.05) is 24.3 Å². The molecule has 3 nitrogen and oxygen atoms in total. The molecule has 0 saturated carbocycles. The molecule has 0 aromatic heterocycles. The quantitative estimate of drug-likeness (QED) is 0.781. The summed E-state index contributed by atoms with van der Waals surface area (Å²) >= 11 is 8.07. The van der Waals surface area contributed by atoms with Crippen LogP contribution >= 0.6 is 34.2 Å². The lowest BCUT2D eigenvalue weighted by Crippen LogP contribution is -2.14. The summed E-state index contributed by atoms with van der Waals surface area (Å²) in [5.74, 6) is -0.159. The van der Waals surface area contributed by atoms with Crippen LogP contribution in [-0.4, -0.2) is 20.0 Å². The molecule has 20 heavy (non-hydrogen) atoms. The fourth-order valence-electron chi connectivity index (χ4n) is 1.73. The molecule has 0 fully saturated rings. The molecule has 2 aromatic rings. The summed E-state index contributed by atoms with van der Waals surface area (Å²) in [4.78, 5) is 14.3. The molecular weight excluding hydrogens is 387 g/mol. The van der Waals surface area contributed by atoms with Gasteiger partial charge in [0.25, 0.3) is 5.91 Å². The van der Waals surface area contributed by atoms with Crippen molar-refractivity contribution >= 4 is 51.5 Å². The molecule has 0 radical (unpaired) electrons. The van der Waals surface area contributed by atoms with E-state index >= 15 is 0 Å². The summed E-state index contributed by atoms with van der Waals surface area (Å²) < 4.78 is 0.869. The van der Waals surface area contributed by atoms with Gasteiger partial charge in [-0.05, 0) is 59.0 Å². The maximum absolute atomic E-state index is 12.3. The standard InChI is InChI=1S/C15H14ClIN2O/c1-19(2)12-5-3-4-11(9-12)18-15(20)13-8-10(16)6-7-14(13)17/h3-9H,1-2H3,(H,18,20). The Hall–Kier alpha value is -1.27. The maximum Gasteiger partial charge on any atom is 0.256 e. The first-order chi connectivity index (χ1) is 9.47. The van der Waals surface area contributed by atoms with Crippen molar-refractivity contribution in [2.45, 2.75) is 0 Å². The topological polar surface area (TPSA) is 32.3 Å². The molecular formula is C15H14ClIN2O. The van der Waals surface area contributed by atoms with E-state index in [0.717, 1.165) is 14.9 Å². The number of hydrogen-bond acceptors (Lipinski definition) is 2. The van der Waals surface area contributed by atoms with Gasteiger partial charge in [0.2, 0.25) is 0 Å². The summed E-state index contributed by atoms with van der Waals surface area (Å²) in [6, 6.07) is 13.0. The van der Waals surface area contributed by atoms with Crippen LogP contribution in [0.4, 0.5) is 11.4 Å². The third-order valence-electron chi connectivity index (χ3n) is 2.79. The monoisotopic (exact) mass is 400 g/mol. The minimum atomic E-state index is -0.159. The number of carbonyl (C=O) groups is 1. The zero-order valence-electron chi connectivity index (χ0n) is 11.2. The summed E-state index contributed by atoms with van der Waals surface area (Å²) in [5, 5.41) is 3.45. The second-order valence-corrected chi connectivity index (χ2v) is 6.12. The summed E-state index contributed by atoms with van der Waals surface area (Å²) in [6.45, 7) is 0. The first-order valence-corrected chi connectivity index (χ1v) is 7.47. The van der Waals surface area contributed by atoms with E-state index in [1.165, 1.54) is 0 Å². The van der Waals surface area contributed by atoms with Crippen LogP contribution in [0.3, 0.4) is 0 Å². The van der Waals surface area contributed by atoms with Gasteiger partial charge in [0, 0.05) is 34.1 Å². The molecule has 5 heteroatoms. The normalized spacial score (nSPS) is 10.2. The van der Waals surface area contributed by atoms with Crippen molar-refractivity contribution in [3.8, 4) is 0 Å². The Morgan fingerprint density at radius 1 is 1.20 bits per heavy atom. The zero-order chi connectivity index (χ0) is 14.7. The number of anilines is 2. The van der Waals surface area contributed by atoms with Crippen LogP contribution in [0.15, 0.2) is 42.5 Å². The van der Waals surface area contributed by atoms with Gasteiger partial charge >= 0.3 is 0 Å². The molecule has 1 amide bonds. The average Bonchev–Trinajstić information content (AvgIpc) is 2.41. The van der Waals surface area contributed by atoms with Gasteiger partial charge in [0.05, 0.1) is 5.56 Å². The van der Waals surface area contributed by atoms with E-state index in [9.17, 15) is 4.79 Å². The minimum absolute atomic E-state index is 0.159. The second kappa shape index (κ2) is 6.45. The van der Waals surface area contributed by atoms with E-state index in [2.05, 4.69) is 27.9 Å². The third-order valence-corrected chi connectivity index (χ3v) is 3.97. The van der Waals surface area contributed by atoms with Crippen LogP contribution < -0.4 is 10.2 Å². The van der Waals surface area contributed by atoms with Gasteiger partial charge in [-0.3, -0.25) is 4.79 Å². The van der Waals surface area contributed by atoms with Crippen molar-refractivity contribution in [1.82, 2.24) is 0 Å². The van der Waals surface area contributed by atoms with E-state index < -0.39 is 0 Å². The van der Waals surface area contributed by atoms with Crippen molar-refractivity contribution in [2.24, 2.45) is 0 Å². The summed E-state index contributed by atoms with van der Waals surface area (Å²) in [6.07, 6.45) is 0. The van der Waals surface area contributed by atoms with Gasteiger partial charge in [-0.2, -0.15) is 0 Å². The average molecular weight is 401 g/mol. The third kappa shape index (κ3) is 3.64. The number of hydrogen-bond donors (Lipinski definition) is 1. The van der Waals surface area contributed by atoms with Crippen LogP contribution in [0, 0.1) is 3.57 Å². The molecule has 1 N–H and O–H groups in total. The Labute approximate surface area is 137 Å². The molecule has 0 aliphatic rings. The predicted octanol–water partition coefficient (Wildman–Crippen LogP) is 4.26. The molecule has 2 aromatic carbocycles. The number of amides is 1. The highest BCUT2D eigenvalue weighted by Gasteiger charge is 2.11. The first-order valence-electron chi connectivity index (χ1n) is 6.01. The van der Waals surface area contributed by atoms with Crippen LogP contribution in [0.5, 0.6) is 0 Å². The predicted molar refractivity (Wildman–Crippen MR) is 92.9 cm³/mol. The summed E-state index contributed by atoms with van der Waals surface area (Å²) in [7, 11) is 3.92. The number of rotatable bonds is 3. The fraction of sp³-hybridized carbons (Fsp3) is 0.133. The van der Waals surface area contributed by atoms with Gasteiger partial charge < -0.3 is 10.2 Å². The highest BCUT2D eigenvalue weighted by Crippen LogP contribution is 2.21. The molecule has 0 aliphatic heterocycles. The molecule has 0 unspecified atom stereocenters.